The van der Waals surface area contributed by atoms with E-state index in [0.717, 1.165) is 5.69 Å². The minimum atomic E-state index is -0.519. The Morgan fingerprint density at radius 2 is 2.14 bits per heavy atom. The molecule has 22 heavy (non-hydrogen) atoms. The Labute approximate surface area is 131 Å². The van der Waals surface area contributed by atoms with E-state index in [1.54, 1.807) is 15.8 Å². The van der Waals surface area contributed by atoms with Crippen molar-refractivity contribution in [1.29, 1.82) is 5.26 Å². The lowest BCUT2D eigenvalue weighted by Crippen LogP contribution is -2.64. The highest BCUT2D eigenvalue weighted by Crippen LogP contribution is 2.34. The maximum atomic E-state index is 12.1. The zero-order valence-electron chi connectivity index (χ0n) is 13.8. The average Bonchev–Trinajstić information content (AvgIpc) is 2.80. The monoisotopic (exact) mass is 305 g/mol. The molecule has 2 rings (SSSR count). The first-order chi connectivity index (χ1) is 10.2. The molecule has 0 saturated carbocycles. The fraction of sp³-hybridized carbons (Fsp3) is 0.667. The van der Waals surface area contributed by atoms with Gasteiger partial charge >= 0.3 is 6.09 Å². The van der Waals surface area contributed by atoms with E-state index in [0.29, 0.717) is 19.5 Å². The number of amides is 1. The van der Waals surface area contributed by atoms with Crippen LogP contribution in [0.4, 0.5) is 10.5 Å². The van der Waals surface area contributed by atoms with Gasteiger partial charge in [-0.3, -0.25) is 4.68 Å². The molecule has 1 amide bonds. The van der Waals surface area contributed by atoms with Crippen LogP contribution in [0.1, 0.15) is 27.2 Å². The molecule has 7 heteroatoms. The van der Waals surface area contributed by atoms with Gasteiger partial charge in [-0.15, -0.1) is 0 Å². The molecule has 7 nitrogen and oxygen atoms in total. The third-order valence-corrected chi connectivity index (χ3v) is 3.60. The Hall–Kier alpha value is -2.23. The molecule has 0 bridgehead atoms. The minimum Gasteiger partial charge on any atom is -0.444 e. The molecule has 1 aromatic heterocycles. The highest BCUT2D eigenvalue weighted by atomic mass is 16.6. The predicted octanol–water partition coefficient (Wildman–Crippen LogP) is 1.81. The van der Waals surface area contributed by atoms with Gasteiger partial charge in [-0.1, -0.05) is 0 Å². The molecule has 0 atom stereocenters. The number of anilines is 1. The number of ether oxygens (including phenoxy) is 1. The van der Waals surface area contributed by atoms with Crippen LogP contribution in [0.15, 0.2) is 12.4 Å². The minimum absolute atomic E-state index is 0.306. The Kier molecular flexibility index (Phi) is 4.05. The molecule has 0 aliphatic carbocycles. The van der Waals surface area contributed by atoms with Crippen LogP contribution < -0.4 is 4.90 Å². The fourth-order valence-electron chi connectivity index (χ4n) is 2.41. The summed E-state index contributed by atoms with van der Waals surface area (Å²) in [4.78, 5) is 15.6. The highest BCUT2D eigenvalue weighted by Gasteiger charge is 2.48. The molecule has 1 fully saturated rings. The number of carbonyl (C=O) groups is 1. The highest BCUT2D eigenvalue weighted by molar-refractivity contribution is 5.69. The summed E-state index contributed by atoms with van der Waals surface area (Å²) in [7, 11) is 3.87. The number of hydrogen-bond donors (Lipinski definition) is 0. The van der Waals surface area contributed by atoms with Crippen molar-refractivity contribution in [1.82, 2.24) is 14.7 Å². The van der Waals surface area contributed by atoms with Crippen LogP contribution in [0, 0.1) is 11.3 Å². The molecule has 0 unspecified atom stereocenters. The van der Waals surface area contributed by atoms with Crippen molar-refractivity contribution in [3.05, 3.63) is 12.4 Å². The number of nitriles is 1. The van der Waals surface area contributed by atoms with Crippen LogP contribution in [-0.4, -0.2) is 53.6 Å². The van der Waals surface area contributed by atoms with Crippen LogP contribution in [-0.2, 0) is 10.3 Å². The molecular formula is C15H23N5O2. The molecule has 0 N–H and O–H groups in total. The summed E-state index contributed by atoms with van der Waals surface area (Å²) in [5.41, 5.74) is -0.0121. The van der Waals surface area contributed by atoms with Crippen molar-refractivity contribution in [2.24, 2.45) is 0 Å². The third kappa shape index (κ3) is 3.16. The smallest absolute Gasteiger partial charge is 0.410 e. The van der Waals surface area contributed by atoms with Crippen molar-refractivity contribution in [2.45, 2.75) is 38.3 Å². The Balaban J connectivity index is 2.10. The maximum absolute atomic E-state index is 12.1. The lowest BCUT2D eigenvalue weighted by molar-refractivity contribution is -0.0314. The van der Waals surface area contributed by atoms with E-state index in [2.05, 4.69) is 11.2 Å². The molecule has 0 spiro atoms. The summed E-state index contributed by atoms with van der Waals surface area (Å²) in [6, 6.07) is 2.20. The van der Waals surface area contributed by atoms with Crippen LogP contribution in [0.2, 0.25) is 0 Å². The van der Waals surface area contributed by atoms with Crippen molar-refractivity contribution in [2.75, 3.05) is 32.1 Å². The van der Waals surface area contributed by atoms with Crippen LogP contribution in [0.25, 0.3) is 0 Å². The van der Waals surface area contributed by atoms with E-state index in [1.807, 2.05) is 46.0 Å². The van der Waals surface area contributed by atoms with Gasteiger partial charge in [0.15, 0.2) is 0 Å². The second kappa shape index (κ2) is 5.52. The standard InChI is InChI=1S/C15H23N5O2/c1-14(2,3)22-13(21)19-10-15(11-19,6-7-16)20-9-12(8-17-20)18(4)5/h8-9H,6,10-11H2,1-5H3. The average molecular weight is 305 g/mol. The summed E-state index contributed by atoms with van der Waals surface area (Å²) in [5.74, 6) is 0. The molecule has 1 aliphatic rings. The zero-order chi connectivity index (χ0) is 16.5. The number of rotatable bonds is 3. The van der Waals surface area contributed by atoms with E-state index in [-0.39, 0.29) is 6.09 Å². The number of hydrogen-bond acceptors (Lipinski definition) is 5. The first kappa shape index (κ1) is 16.1. The van der Waals surface area contributed by atoms with E-state index in [1.165, 1.54) is 0 Å². The number of nitrogens with zero attached hydrogens (tertiary/aromatic N) is 5. The van der Waals surface area contributed by atoms with Gasteiger partial charge in [0, 0.05) is 20.3 Å². The Morgan fingerprint density at radius 3 is 2.59 bits per heavy atom. The van der Waals surface area contributed by atoms with E-state index in [9.17, 15) is 4.79 Å². The van der Waals surface area contributed by atoms with Gasteiger partial charge in [-0.05, 0) is 20.8 Å². The predicted molar refractivity (Wildman–Crippen MR) is 82.6 cm³/mol. The molecule has 1 aromatic rings. The summed E-state index contributed by atoms with van der Waals surface area (Å²) < 4.78 is 7.16. The first-order valence-corrected chi connectivity index (χ1v) is 7.24. The molecule has 120 valence electrons. The summed E-state index contributed by atoms with van der Waals surface area (Å²) >= 11 is 0. The number of aromatic nitrogens is 2. The van der Waals surface area contributed by atoms with E-state index in [4.69, 9.17) is 10.00 Å². The first-order valence-electron chi connectivity index (χ1n) is 7.24. The summed E-state index contributed by atoms with van der Waals surface area (Å²) in [6.07, 6.45) is 3.63. The lowest BCUT2D eigenvalue weighted by Gasteiger charge is -2.48. The Bertz CT molecular complexity index is 588. The van der Waals surface area contributed by atoms with Crippen LogP contribution >= 0.6 is 0 Å². The molecule has 0 radical (unpaired) electrons. The van der Waals surface area contributed by atoms with Crippen molar-refractivity contribution in [3.8, 4) is 6.07 Å². The van der Waals surface area contributed by atoms with Gasteiger partial charge in [-0.25, -0.2) is 4.79 Å². The molecule has 1 saturated heterocycles. The quantitative estimate of drug-likeness (QED) is 0.851. The van der Waals surface area contributed by atoms with Crippen molar-refractivity contribution < 1.29 is 9.53 Å². The second-order valence-corrected chi connectivity index (χ2v) is 6.93. The molecular weight excluding hydrogens is 282 g/mol. The number of carbonyl (C=O) groups excluding carboxylic acids is 1. The summed E-state index contributed by atoms with van der Waals surface area (Å²) in [5, 5.41) is 13.5. The number of likely N-dealkylation sites (tertiary alicyclic amines) is 1. The zero-order valence-corrected chi connectivity index (χ0v) is 13.8. The van der Waals surface area contributed by atoms with Gasteiger partial charge in [0.05, 0.1) is 37.5 Å². The molecule has 2 heterocycles. The SMILES string of the molecule is CN(C)c1cnn(C2(CC#N)CN(C(=O)OC(C)(C)C)C2)c1. The lowest BCUT2D eigenvalue weighted by atomic mass is 9.87. The van der Waals surface area contributed by atoms with E-state index < -0.39 is 11.1 Å². The maximum Gasteiger partial charge on any atom is 0.410 e. The van der Waals surface area contributed by atoms with Gasteiger partial charge in [0.25, 0.3) is 0 Å². The van der Waals surface area contributed by atoms with Gasteiger partial charge in [-0.2, -0.15) is 10.4 Å². The van der Waals surface area contributed by atoms with Crippen LogP contribution in [0.5, 0.6) is 0 Å². The van der Waals surface area contributed by atoms with Crippen molar-refractivity contribution >= 4 is 11.8 Å². The topological polar surface area (TPSA) is 74.4 Å². The van der Waals surface area contributed by atoms with Gasteiger partial charge in [0.1, 0.15) is 11.1 Å². The van der Waals surface area contributed by atoms with Gasteiger partial charge < -0.3 is 14.5 Å². The van der Waals surface area contributed by atoms with Gasteiger partial charge in [0.2, 0.25) is 0 Å². The molecule has 1 aliphatic heterocycles. The summed E-state index contributed by atoms with van der Waals surface area (Å²) in [6.45, 7) is 6.38. The van der Waals surface area contributed by atoms with Crippen molar-refractivity contribution in [3.63, 3.8) is 0 Å². The molecule has 0 aromatic carbocycles. The normalized spacial score (nSPS) is 16.6. The third-order valence-electron chi connectivity index (χ3n) is 3.60. The Morgan fingerprint density at radius 1 is 1.50 bits per heavy atom. The van der Waals surface area contributed by atoms with E-state index >= 15 is 0 Å². The fourth-order valence-corrected chi connectivity index (χ4v) is 2.41. The largest absolute Gasteiger partial charge is 0.444 e. The second-order valence-electron chi connectivity index (χ2n) is 6.93. The van der Waals surface area contributed by atoms with Crippen LogP contribution in [0.3, 0.4) is 0 Å².